The molecule has 2 heterocycles. The number of aromatic nitrogens is 2. The number of nitrogens with zero attached hydrogens (tertiary/aromatic N) is 2. The van der Waals surface area contributed by atoms with Crippen LogP contribution in [0, 0.1) is 5.82 Å². The van der Waals surface area contributed by atoms with Gasteiger partial charge in [0.1, 0.15) is 17.3 Å². The van der Waals surface area contributed by atoms with Crippen molar-refractivity contribution < 1.29 is 13.7 Å². The van der Waals surface area contributed by atoms with Crippen LogP contribution in [0.3, 0.4) is 0 Å². The maximum Gasteiger partial charge on any atom is 0.230 e. The minimum Gasteiger partial charge on any atom is -0.497 e. The first-order chi connectivity index (χ1) is 10.2. The van der Waals surface area contributed by atoms with E-state index in [1.54, 1.807) is 19.2 Å². The summed E-state index contributed by atoms with van der Waals surface area (Å²) in [5.41, 5.74) is 8.20. The summed E-state index contributed by atoms with van der Waals surface area (Å²) in [4.78, 5) is 3.81. The van der Waals surface area contributed by atoms with Gasteiger partial charge in [0.05, 0.1) is 18.9 Å². The fourth-order valence-electron chi connectivity index (χ4n) is 2.08. The zero-order chi connectivity index (χ0) is 14.8. The van der Waals surface area contributed by atoms with Gasteiger partial charge in [0.2, 0.25) is 5.88 Å². The molecule has 6 heteroatoms. The first-order valence-corrected chi connectivity index (χ1v) is 6.19. The Morgan fingerprint density at radius 2 is 1.90 bits per heavy atom. The summed E-state index contributed by atoms with van der Waals surface area (Å²) in [6.07, 6.45) is 2.63. The number of nitrogen functional groups attached to an aromatic ring is 1. The molecule has 0 aliphatic rings. The fourth-order valence-corrected chi connectivity index (χ4v) is 2.08. The fraction of sp³-hybridized carbons (Fsp3) is 0.0667. The zero-order valence-electron chi connectivity index (χ0n) is 11.2. The second-order valence-corrected chi connectivity index (χ2v) is 4.39. The molecule has 0 fully saturated rings. The Morgan fingerprint density at radius 1 is 1.14 bits per heavy atom. The molecule has 0 bridgehead atoms. The molecular weight excluding hydrogens is 273 g/mol. The summed E-state index contributed by atoms with van der Waals surface area (Å²) in [6.45, 7) is 0. The second kappa shape index (κ2) is 5.24. The number of halogens is 1. The molecule has 0 amide bonds. The standard InChI is InChI=1S/C15H12FN3O2/c1-20-12-4-2-9(3-5-12)13-14(19-21-15(13)17)10-6-11(16)8-18-7-10/h2-8H,17H2,1H3. The smallest absolute Gasteiger partial charge is 0.230 e. The molecule has 0 aliphatic carbocycles. The molecule has 3 aromatic rings. The van der Waals surface area contributed by atoms with Crippen LogP contribution < -0.4 is 10.5 Å². The quantitative estimate of drug-likeness (QED) is 0.800. The largest absolute Gasteiger partial charge is 0.497 e. The molecule has 1 aromatic carbocycles. The predicted molar refractivity (Wildman–Crippen MR) is 76.1 cm³/mol. The normalized spacial score (nSPS) is 10.6. The van der Waals surface area contributed by atoms with Crippen LogP contribution in [0.2, 0.25) is 0 Å². The van der Waals surface area contributed by atoms with Crippen molar-refractivity contribution in [3.8, 4) is 28.1 Å². The monoisotopic (exact) mass is 285 g/mol. The molecule has 2 aromatic heterocycles. The van der Waals surface area contributed by atoms with E-state index in [-0.39, 0.29) is 5.88 Å². The minimum atomic E-state index is -0.449. The average Bonchev–Trinajstić information content (AvgIpc) is 2.89. The van der Waals surface area contributed by atoms with Crippen molar-refractivity contribution in [3.05, 3.63) is 48.5 Å². The van der Waals surface area contributed by atoms with E-state index in [1.165, 1.54) is 12.3 Å². The highest BCUT2D eigenvalue weighted by molar-refractivity contribution is 5.86. The van der Waals surface area contributed by atoms with Crippen molar-refractivity contribution in [3.63, 3.8) is 0 Å². The van der Waals surface area contributed by atoms with Crippen molar-refractivity contribution in [1.82, 2.24) is 10.1 Å². The lowest BCUT2D eigenvalue weighted by atomic mass is 10.0. The van der Waals surface area contributed by atoms with Gasteiger partial charge in [-0.15, -0.1) is 0 Å². The third kappa shape index (κ3) is 2.43. The van der Waals surface area contributed by atoms with Crippen LogP contribution in [0.5, 0.6) is 5.75 Å². The number of nitrogens with two attached hydrogens (primary N) is 1. The van der Waals surface area contributed by atoms with E-state index in [2.05, 4.69) is 10.1 Å². The lowest BCUT2D eigenvalue weighted by molar-refractivity contribution is 0.415. The molecule has 5 nitrogen and oxygen atoms in total. The molecule has 0 saturated heterocycles. The topological polar surface area (TPSA) is 74.2 Å². The number of hydrogen-bond acceptors (Lipinski definition) is 5. The summed E-state index contributed by atoms with van der Waals surface area (Å²) in [7, 11) is 1.59. The van der Waals surface area contributed by atoms with Crippen molar-refractivity contribution in [2.75, 3.05) is 12.8 Å². The summed E-state index contributed by atoms with van der Waals surface area (Å²) < 4.78 is 23.5. The van der Waals surface area contributed by atoms with Crippen LogP contribution in [0.4, 0.5) is 10.3 Å². The Balaban J connectivity index is 2.12. The maximum atomic E-state index is 13.3. The lowest BCUT2D eigenvalue weighted by Gasteiger charge is -2.04. The Morgan fingerprint density at radius 3 is 2.57 bits per heavy atom. The van der Waals surface area contributed by atoms with Gasteiger partial charge < -0.3 is 15.0 Å². The van der Waals surface area contributed by atoms with Crippen LogP contribution in [0.25, 0.3) is 22.4 Å². The number of hydrogen-bond donors (Lipinski definition) is 1. The molecular formula is C15H12FN3O2. The molecule has 0 unspecified atom stereocenters. The van der Waals surface area contributed by atoms with E-state index in [0.29, 0.717) is 16.8 Å². The van der Waals surface area contributed by atoms with Gasteiger partial charge in [-0.1, -0.05) is 17.3 Å². The Bertz CT molecular complexity index is 769. The molecule has 3 rings (SSSR count). The van der Waals surface area contributed by atoms with Gasteiger partial charge in [-0.05, 0) is 23.8 Å². The van der Waals surface area contributed by atoms with Crippen molar-refractivity contribution >= 4 is 5.88 Å². The Kier molecular flexibility index (Phi) is 3.27. The molecule has 21 heavy (non-hydrogen) atoms. The van der Waals surface area contributed by atoms with Crippen molar-refractivity contribution in [2.45, 2.75) is 0 Å². The van der Waals surface area contributed by atoms with Crippen LogP contribution >= 0.6 is 0 Å². The SMILES string of the molecule is COc1ccc(-c2c(-c3cncc(F)c3)noc2N)cc1. The highest BCUT2D eigenvalue weighted by atomic mass is 19.1. The highest BCUT2D eigenvalue weighted by Gasteiger charge is 2.18. The molecule has 0 spiro atoms. The first kappa shape index (κ1) is 13.1. The van der Waals surface area contributed by atoms with Crippen LogP contribution in [-0.2, 0) is 0 Å². The molecule has 106 valence electrons. The van der Waals surface area contributed by atoms with Crippen LogP contribution in [0.1, 0.15) is 0 Å². The Hall–Kier alpha value is -2.89. The number of benzene rings is 1. The van der Waals surface area contributed by atoms with Gasteiger partial charge in [0, 0.05) is 11.8 Å². The summed E-state index contributed by atoms with van der Waals surface area (Å²) in [5.74, 6) is 0.442. The third-order valence-corrected chi connectivity index (χ3v) is 3.08. The van der Waals surface area contributed by atoms with Gasteiger partial charge in [0.15, 0.2) is 0 Å². The van der Waals surface area contributed by atoms with E-state index < -0.39 is 5.82 Å². The van der Waals surface area contributed by atoms with E-state index in [1.807, 2.05) is 12.1 Å². The highest BCUT2D eigenvalue weighted by Crippen LogP contribution is 2.36. The van der Waals surface area contributed by atoms with E-state index >= 15 is 0 Å². The lowest BCUT2D eigenvalue weighted by Crippen LogP contribution is -1.90. The molecule has 2 N–H and O–H groups in total. The van der Waals surface area contributed by atoms with Crippen molar-refractivity contribution in [2.24, 2.45) is 0 Å². The number of ether oxygens (including phenoxy) is 1. The van der Waals surface area contributed by atoms with Crippen molar-refractivity contribution in [1.29, 1.82) is 0 Å². The van der Waals surface area contributed by atoms with E-state index in [0.717, 1.165) is 17.5 Å². The minimum absolute atomic E-state index is 0.166. The average molecular weight is 285 g/mol. The van der Waals surface area contributed by atoms with Gasteiger partial charge >= 0.3 is 0 Å². The summed E-state index contributed by atoms with van der Waals surface area (Å²) in [5, 5.41) is 3.91. The maximum absolute atomic E-state index is 13.3. The van der Waals surface area contributed by atoms with Gasteiger partial charge in [-0.2, -0.15) is 0 Å². The summed E-state index contributed by atoms with van der Waals surface area (Å²) >= 11 is 0. The van der Waals surface area contributed by atoms with Gasteiger partial charge in [-0.3, -0.25) is 4.98 Å². The first-order valence-electron chi connectivity index (χ1n) is 6.19. The number of anilines is 1. The number of rotatable bonds is 3. The van der Waals surface area contributed by atoms with Crippen LogP contribution in [0.15, 0.2) is 47.2 Å². The number of pyridine rings is 1. The van der Waals surface area contributed by atoms with Gasteiger partial charge in [-0.25, -0.2) is 4.39 Å². The summed E-state index contributed by atoms with van der Waals surface area (Å²) in [6, 6.07) is 8.60. The van der Waals surface area contributed by atoms with E-state index in [4.69, 9.17) is 15.0 Å². The molecule has 0 atom stereocenters. The van der Waals surface area contributed by atoms with Crippen LogP contribution in [-0.4, -0.2) is 17.3 Å². The molecule has 0 saturated carbocycles. The Labute approximate surface area is 120 Å². The number of methoxy groups -OCH3 is 1. The molecule has 0 aliphatic heterocycles. The zero-order valence-corrected chi connectivity index (χ0v) is 11.2. The second-order valence-electron chi connectivity index (χ2n) is 4.39. The predicted octanol–water partition coefficient (Wildman–Crippen LogP) is 3.13. The van der Waals surface area contributed by atoms with Gasteiger partial charge in [0.25, 0.3) is 0 Å². The third-order valence-electron chi connectivity index (χ3n) is 3.08. The van der Waals surface area contributed by atoms with E-state index in [9.17, 15) is 4.39 Å². The molecule has 0 radical (unpaired) electrons.